The van der Waals surface area contributed by atoms with Crippen LogP contribution in [0.25, 0.3) is 10.8 Å². The Balaban J connectivity index is 2.09. The molecule has 7 nitrogen and oxygen atoms in total. The molecule has 1 amide bonds. The predicted octanol–water partition coefficient (Wildman–Crippen LogP) is 0.970. The molecule has 0 aromatic heterocycles. The van der Waals surface area contributed by atoms with Crippen molar-refractivity contribution >= 4 is 50.1 Å². The molecule has 27 heavy (non-hydrogen) atoms. The van der Waals surface area contributed by atoms with Gasteiger partial charge in [-0.25, -0.2) is 13.1 Å². The molecule has 0 saturated heterocycles. The lowest BCUT2D eigenvalue weighted by molar-refractivity contribution is -0.308. The van der Waals surface area contributed by atoms with Crippen LogP contribution in [0.3, 0.4) is 0 Å². The molecule has 0 unspecified atom stereocenters. The number of benzene rings is 2. The fourth-order valence-electron chi connectivity index (χ4n) is 3.28. The standard InChI is InChI=1S/C18H20N2O5S2/c1-3-20-14-7-8-15(11-5-4-6-12(16(11)14)17(20)21)27(24,25)19-13(18(22)23)9-10-26-2/h4-8,13,19H,3,9-10H2,1-2H3,(H,22,23)/p-1/t13-/m0/s1. The number of nitrogens with one attached hydrogen (secondary N) is 1. The number of carbonyl (C=O) groups excluding carboxylic acids is 2. The zero-order valence-electron chi connectivity index (χ0n) is 14.9. The van der Waals surface area contributed by atoms with E-state index in [-0.39, 0.29) is 17.2 Å². The Morgan fingerprint density at radius 1 is 1.30 bits per heavy atom. The van der Waals surface area contributed by atoms with Crippen LogP contribution in [-0.2, 0) is 14.8 Å². The van der Waals surface area contributed by atoms with Gasteiger partial charge in [0.15, 0.2) is 0 Å². The van der Waals surface area contributed by atoms with Crippen molar-refractivity contribution in [1.82, 2.24) is 4.72 Å². The van der Waals surface area contributed by atoms with E-state index in [4.69, 9.17) is 0 Å². The van der Waals surface area contributed by atoms with Crippen LogP contribution < -0.4 is 14.7 Å². The SMILES string of the molecule is CCN1C(=O)c2cccc3c(S(=O)(=O)N[C@@H](CCSC)C(=O)[O-])ccc1c23. The zero-order valence-corrected chi connectivity index (χ0v) is 16.5. The fourth-order valence-corrected chi connectivity index (χ4v) is 5.17. The summed E-state index contributed by atoms with van der Waals surface area (Å²) >= 11 is 1.42. The maximum absolute atomic E-state index is 12.9. The third-order valence-electron chi connectivity index (χ3n) is 4.54. The normalized spacial score (nSPS) is 14.7. The van der Waals surface area contributed by atoms with Crippen molar-refractivity contribution < 1.29 is 23.1 Å². The van der Waals surface area contributed by atoms with Crippen molar-refractivity contribution in [3.8, 4) is 0 Å². The predicted molar refractivity (Wildman–Crippen MR) is 103 cm³/mol. The Labute approximate surface area is 161 Å². The first kappa shape index (κ1) is 19.7. The summed E-state index contributed by atoms with van der Waals surface area (Å²) in [5.74, 6) is -1.16. The average molecular weight is 407 g/mol. The summed E-state index contributed by atoms with van der Waals surface area (Å²) in [6.45, 7) is 2.31. The lowest BCUT2D eigenvalue weighted by Gasteiger charge is -2.20. The number of carboxylic acids is 1. The maximum atomic E-state index is 12.9. The van der Waals surface area contributed by atoms with Gasteiger partial charge in [0.05, 0.1) is 22.6 Å². The quantitative estimate of drug-likeness (QED) is 0.699. The van der Waals surface area contributed by atoms with Gasteiger partial charge >= 0.3 is 0 Å². The van der Waals surface area contributed by atoms with Crippen molar-refractivity contribution in [1.29, 1.82) is 0 Å². The van der Waals surface area contributed by atoms with Gasteiger partial charge in [0, 0.05) is 22.9 Å². The highest BCUT2D eigenvalue weighted by atomic mass is 32.2. The molecule has 2 aromatic rings. The number of amides is 1. The Morgan fingerprint density at radius 2 is 2.04 bits per heavy atom. The smallest absolute Gasteiger partial charge is 0.258 e. The third kappa shape index (κ3) is 3.42. The second-order valence-corrected chi connectivity index (χ2v) is 8.80. The largest absolute Gasteiger partial charge is 0.548 e. The minimum atomic E-state index is -4.12. The van der Waals surface area contributed by atoms with Crippen LogP contribution in [0.1, 0.15) is 23.7 Å². The molecule has 1 aliphatic rings. The van der Waals surface area contributed by atoms with E-state index < -0.39 is 22.0 Å². The number of anilines is 1. The summed E-state index contributed by atoms with van der Waals surface area (Å²) in [6.07, 6.45) is 1.92. The summed E-state index contributed by atoms with van der Waals surface area (Å²) in [4.78, 5) is 25.4. The van der Waals surface area contributed by atoms with Gasteiger partial charge in [0.2, 0.25) is 10.0 Å². The summed E-state index contributed by atoms with van der Waals surface area (Å²) in [6, 6.07) is 6.59. The number of carbonyl (C=O) groups is 2. The molecule has 0 radical (unpaired) electrons. The Bertz CT molecular complexity index is 1020. The lowest BCUT2D eigenvalue weighted by Crippen LogP contribution is -2.48. The van der Waals surface area contributed by atoms with E-state index in [1.165, 1.54) is 17.8 Å². The van der Waals surface area contributed by atoms with Crippen LogP contribution in [0.4, 0.5) is 5.69 Å². The van der Waals surface area contributed by atoms with Crippen molar-refractivity contribution in [2.24, 2.45) is 0 Å². The molecule has 144 valence electrons. The van der Waals surface area contributed by atoms with Crippen LogP contribution in [0.5, 0.6) is 0 Å². The molecule has 0 spiro atoms. The molecule has 2 aromatic carbocycles. The number of rotatable bonds is 8. The maximum Gasteiger partial charge on any atom is 0.258 e. The number of nitrogens with zero attached hydrogens (tertiary/aromatic N) is 1. The molecule has 0 fully saturated rings. The number of thioether (sulfide) groups is 1. The first-order valence-electron chi connectivity index (χ1n) is 8.41. The van der Waals surface area contributed by atoms with Crippen LogP contribution in [-0.4, -0.2) is 44.9 Å². The van der Waals surface area contributed by atoms with Gasteiger partial charge in [-0.3, -0.25) is 4.79 Å². The zero-order chi connectivity index (χ0) is 19.8. The van der Waals surface area contributed by atoms with Gasteiger partial charge in [-0.1, -0.05) is 12.1 Å². The molecule has 1 heterocycles. The van der Waals surface area contributed by atoms with Gasteiger partial charge in [0.25, 0.3) is 5.91 Å². The Hall–Kier alpha value is -2.10. The van der Waals surface area contributed by atoms with E-state index in [9.17, 15) is 23.1 Å². The number of sulfonamides is 1. The topological polar surface area (TPSA) is 107 Å². The van der Waals surface area contributed by atoms with Crippen molar-refractivity contribution in [3.63, 3.8) is 0 Å². The van der Waals surface area contributed by atoms with Gasteiger partial charge in [0.1, 0.15) is 0 Å². The highest BCUT2D eigenvalue weighted by Gasteiger charge is 2.32. The van der Waals surface area contributed by atoms with Crippen LogP contribution in [0.15, 0.2) is 35.2 Å². The van der Waals surface area contributed by atoms with E-state index in [2.05, 4.69) is 4.72 Å². The monoisotopic (exact) mass is 407 g/mol. The number of aliphatic carboxylic acids is 1. The summed E-state index contributed by atoms with van der Waals surface area (Å²) in [5, 5.41) is 12.3. The first-order chi connectivity index (χ1) is 12.8. The molecule has 9 heteroatoms. The average Bonchev–Trinajstić information content (AvgIpc) is 2.91. The van der Waals surface area contributed by atoms with Gasteiger partial charge in [-0.05, 0) is 43.6 Å². The first-order valence-corrected chi connectivity index (χ1v) is 11.3. The van der Waals surface area contributed by atoms with Crippen molar-refractivity contribution in [2.75, 3.05) is 23.5 Å². The fraction of sp³-hybridized carbons (Fsp3) is 0.333. The third-order valence-corrected chi connectivity index (χ3v) is 6.72. The Kier molecular flexibility index (Phi) is 5.45. The van der Waals surface area contributed by atoms with E-state index >= 15 is 0 Å². The molecule has 0 saturated carbocycles. The van der Waals surface area contributed by atoms with E-state index in [0.29, 0.717) is 34.3 Å². The minimum Gasteiger partial charge on any atom is -0.548 e. The summed E-state index contributed by atoms with van der Waals surface area (Å²) in [5.41, 5.74) is 1.10. The van der Waals surface area contributed by atoms with Crippen molar-refractivity contribution in [3.05, 3.63) is 35.9 Å². The highest BCUT2D eigenvalue weighted by molar-refractivity contribution is 7.98. The minimum absolute atomic E-state index is 0.0516. The Morgan fingerprint density at radius 3 is 2.67 bits per heavy atom. The van der Waals surface area contributed by atoms with E-state index in [0.717, 1.165) is 0 Å². The van der Waals surface area contributed by atoms with Gasteiger partial charge in [-0.15, -0.1) is 0 Å². The van der Waals surface area contributed by atoms with Crippen LogP contribution in [0, 0.1) is 0 Å². The second-order valence-electron chi connectivity index (χ2n) is 6.13. The number of hydrogen-bond donors (Lipinski definition) is 1. The van der Waals surface area contributed by atoms with Gasteiger partial charge < -0.3 is 14.8 Å². The molecule has 0 bridgehead atoms. The summed E-state index contributed by atoms with van der Waals surface area (Å²) in [7, 11) is -4.12. The number of carboxylic acid groups (broad SMARTS) is 1. The van der Waals surface area contributed by atoms with E-state index in [1.807, 2.05) is 6.92 Å². The number of hydrogen-bond acceptors (Lipinski definition) is 6. The molecular weight excluding hydrogens is 388 g/mol. The second kappa shape index (κ2) is 7.49. The van der Waals surface area contributed by atoms with Crippen molar-refractivity contribution in [2.45, 2.75) is 24.3 Å². The molecule has 0 aliphatic carbocycles. The molecule has 1 atom stereocenters. The lowest BCUT2D eigenvalue weighted by atomic mass is 10.1. The molecule has 1 N–H and O–H groups in total. The van der Waals surface area contributed by atoms with E-state index in [1.54, 1.807) is 35.4 Å². The molecule has 1 aliphatic heterocycles. The highest BCUT2D eigenvalue weighted by Crippen LogP contribution is 2.39. The summed E-state index contributed by atoms with van der Waals surface area (Å²) < 4.78 is 28.0. The molecular formula is C18H19N2O5S2-. The van der Waals surface area contributed by atoms with Gasteiger partial charge in [-0.2, -0.15) is 11.8 Å². The van der Waals surface area contributed by atoms with Crippen LogP contribution in [0.2, 0.25) is 0 Å². The molecule has 3 rings (SSSR count). The van der Waals surface area contributed by atoms with Crippen LogP contribution >= 0.6 is 11.8 Å².